The summed E-state index contributed by atoms with van der Waals surface area (Å²) in [6, 6.07) is 16.6. The van der Waals surface area contributed by atoms with Gasteiger partial charge in [0.05, 0.1) is 5.69 Å². The lowest BCUT2D eigenvalue weighted by atomic mass is 10.1. The number of benzene rings is 2. The van der Waals surface area contributed by atoms with Crippen molar-refractivity contribution in [3.63, 3.8) is 0 Å². The van der Waals surface area contributed by atoms with Gasteiger partial charge in [-0.1, -0.05) is 42.5 Å². The summed E-state index contributed by atoms with van der Waals surface area (Å²) in [5.41, 5.74) is 2.61. The van der Waals surface area contributed by atoms with Crippen molar-refractivity contribution >= 4 is 16.1 Å². The quantitative estimate of drug-likeness (QED) is 0.670. The van der Waals surface area contributed by atoms with Gasteiger partial charge in [-0.3, -0.25) is 0 Å². The van der Waals surface area contributed by atoms with Gasteiger partial charge in [-0.05, 0) is 36.3 Å². The van der Waals surface area contributed by atoms with Gasteiger partial charge in [0.2, 0.25) is 10.0 Å². The Morgan fingerprint density at radius 3 is 2.38 bits per heavy atom. The SMILES string of the molecule is C[C@H](c1ccc(-n2cncn2)cc1)N(C)S(=O)(=O)/C=C/c1ccccc1. The fourth-order valence-electron chi connectivity index (χ4n) is 2.50. The van der Waals surface area contributed by atoms with Crippen molar-refractivity contribution in [1.29, 1.82) is 0 Å². The van der Waals surface area contributed by atoms with Crippen molar-refractivity contribution in [1.82, 2.24) is 19.1 Å². The van der Waals surface area contributed by atoms with Crippen LogP contribution in [-0.2, 0) is 10.0 Å². The molecule has 0 radical (unpaired) electrons. The molecule has 3 rings (SSSR count). The largest absolute Gasteiger partial charge is 0.236 e. The molecule has 0 N–H and O–H groups in total. The van der Waals surface area contributed by atoms with Crippen LogP contribution in [0.25, 0.3) is 11.8 Å². The van der Waals surface area contributed by atoms with Crippen LogP contribution >= 0.6 is 0 Å². The van der Waals surface area contributed by atoms with Crippen LogP contribution in [0.4, 0.5) is 0 Å². The first-order valence-electron chi connectivity index (χ1n) is 8.13. The summed E-state index contributed by atoms with van der Waals surface area (Å²) in [5.74, 6) is 0. The normalized spacial score (nSPS) is 13.3. The van der Waals surface area contributed by atoms with Crippen molar-refractivity contribution in [2.75, 3.05) is 7.05 Å². The van der Waals surface area contributed by atoms with E-state index >= 15 is 0 Å². The number of hydrogen-bond donors (Lipinski definition) is 0. The molecule has 134 valence electrons. The minimum absolute atomic E-state index is 0.301. The topological polar surface area (TPSA) is 68.1 Å². The van der Waals surface area contributed by atoms with E-state index in [1.54, 1.807) is 24.1 Å². The monoisotopic (exact) mass is 368 g/mol. The standard InChI is InChI=1S/C19H20N4O2S/c1-16(18-8-10-19(11-9-18)23-15-20-14-21-23)22(2)26(24,25)13-12-17-6-4-3-5-7-17/h3-16H,1-2H3/b13-12+/t16-/m1/s1. The summed E-state index contributed by atoms with van der Waals surface area (Å²) in [4.78, 5) is 3.92. The highest BCUT2D eigenvalue weighted by Crippen LogP contribution is 2.23. The minimum atomic E-state index is -3.53. The minimum Gasteiger partial charge on any atom is -0.223 e. The Bertz CT molecular complexity index is 966. The van der Waals surface area contributed by atoms with Crippen LogP contribution in [0.3, 0.4) is 0 Å². The number of aromatic nitrogens is 3. The lowest BCUT2D eigenvalue weighted by Crippen LogP contribution is -2.28. The summed E-state index contributed by atoms with van der Waals surface area (Å²) in [5, 5.41) is 5.32. The Hall–Kier alpha value is -2.77. The smallest absolute Gasteiger partial charge is 0.223 e. The number of sulfonamides is 1. The highest BCUT2D eigenvalue weighted by molar-refractivity contribution is 7.92. The van der Waals surface area contributed by atoms with Crippen LogP contribution in [-0.4, -0.2) is 34.5 Å². The van der Waals surface area contributed by atoms with Crippen LogP contribution in [0, 0.1) is 0 Å². The predicted octanol–water partition coefficient (Wildman–Crippen LogP) is 3.26. The number of nitrogens with zero attached hydrogens (tertiary/aromatic N) is 4. The van der Waals surface area contributed by atoms with Crippen molar-refractivity contribution in [2.45, 2.75) is 13.0 Å². The Morgan fingerprint density at radius 1 is 1.08 bits per heavy atom. The summed E-state index contributed by atoms with van der Waals surface area (Å²) >= 11 is 0. The molecular weight excluding hydrogens is 348 g/mol. The summed E-state index contributed by atoms with van der Waals surface area (Å²) < 4.78 is 28.2. The van der Waals surface area contributed by atoms with Gasteiger partial charge in [0.25, 0.3) is 0 Å². The summed E-state index contributed by atoms with van der Waals surface area (Å²) in [6.07, 6.45) is 4.69. The molecule has 2 aromatic carbocycles. The van der Waals surface area contributed by atoms with Crippen LogP contribution in [0.1, 0.15) is 24.1 Å². The van der Waals surface area contributed by atoms with Gasteiger partial charge >= 0.3 is 0 Å². The molecule has 0 bridgehead atoms. The maximum atomic E-state index is 12.6. The second kappa shape index (κ2) is 7.63. The molecule has 0 aliphatic rings. The molecule has 1 aromatic heterocycles. The van der Waals surface area contributed by atoms with Crippen molar-refractivity contribution < 1.29 is 8.42 Å². The van der Waals surface area contributed by atoms with Gasteiger partial charge in [0, 0.05) is 18.5 Å². The second-order valence-corrected chi connectivity index (χ2v) is 7.76. The third-order valence-corrected chi connectivity index (χ3v) is 5.84. The molecule has 0 spiro atoms. The third-order valence-electron chi connectivity index (χ3n) is 4.24. The molecule has 0 saturated heterocycles. The molecule has 7 heteroatoms. The Kier molecular flexibility index (Phi) is 5.29. The van der Waals surface area contributed by atoms with E-state index in [2.05, 4.69) is 10.1 Å². The van der Waals surface area contributed by atoms with E-state index in [1.807, 2.05) is 61.5 Å². The zero-order valence-electron chi connectivity index (χ0n) is 14.6. The molecule has 3 aromatic rings. The molecular formula is C19H20N4O2S. The van der Waals surface area contributed by atoms with Crippen LogP contribution < -0.4 is 0 Å². The molecule has 0 saturated carbocycles. The van der Waals surface area contributed by atoms with Gasteiger partial charge in [-0.15, -0.1) is 0 Å². The predicted molar refractivity (Wildman–Crippen MR) is 102 cm³/mol. The van der Waals surface area contributed by atoms with Crippen molar-refractivity contribution in [3.05, 3.63) is 83.8 Å². The lowest BCUT2D eigenvalue weighted by molar-refractivity contribution is 0.404. The summed E-state index contributed by atoms with van der Waals surface area (Å²) in [6.45, 7) is 1.86. The molecule has 1 heterocycles. The van der Waals surface area contributed by atoms with Crippen molar-refractivity contribution in [3.8, 4) is 5.69 Å². The number of rotatable bonds is 6. The highest BCUT2D eigenvalue weighted by atomic mass is 32.2. The highest BCUT2D eigenvalue weighted by Gasteiger charge is 2.22. The molecule has 0 aliphatic carbocycles. The van der Waals surface area contributed by atoms with E-state index in [4.69, 9.17) is 0 Å². The van der Waals surface area contributed by atoms with Gasteiger partial charge in [0.15, 0.2) is 0 Å². The first-order chi connectivity index (χ1) is 12.5. The third kappa shape index (κ3) is 4.07. The van der Waals surface area contributed by atoms with Crippen LogP contribution in [0.15, 0.2) is 72.7 Å². The molecule has 0 aliphatic heterocycles. The fourth-order valence-corrected chi connectivity index (χ4v) is 3.59. The maximum absolute atomic E-state index is 12.6. The van der Waals surface area contributed by atoms with E-state index in [-0.39, 0.29) is 6.04 Å². The number of hydrogen-bond acceptors (Lipinski definition) is 4. The zero-order valence-corrected chi connectivity index (χ0v) is 15.4. The first-order valence-corrected chi connectivity index (χ1v) is 9.64. The van der Waals surface area contributed by atoms with E-state index in [0.29, 0.717) is 0 Å². The van der Waals surface area contributed by atoms with Crippen molar-refractivity contribution in [2.24, 2.45) is 0 Å². The maximum Gasteiger partial charge on any atom is 0.236 e. The fraction of sp³-hybridized carbons (Fsp3) is 0.158. The second-order valence-electron chi connectivity index (χ2n) is 5.88. The van der Waals surface area contributed by atoms with Gasteiger partial charge in [-0.2, -0.15) is 9.40 Å². The average molecular weight is 368 g/mol. The lowest BCUT2D eigenvalue weighted by Gasteiger charge is -2.23. The van der Waals surface area contributed by atoms with E-state index in [1.165, 1.54) is 16.0 Å². The molecule has 6 nitrogen and oxygen atoms in total. The van der Waals surface area contributed by atoms with Crippen LogP contribution in [0.2, 0.25) is 0 Å². The Morgan fingerprint density at radius 2 is 1.77 bits per heavy atom. The molecule has 0 amide bonds. The molecule has 0 unspecified atom stereocenters. The molecule has 1 atom stereocenters. The Balaban J connectivity index is 1.76. The first kappa shape index (κ1) is 18.0. The average Bonchev–Trinajstić information content (AvgIpc) is 3.21. The molecule has 0 fully saturated rings. The van der Waals surface area contributed by atoms with Gasteiger partial charge in [0.1, 0.15) is 12.7 Å². The van der Waals surface area contributed by atoms with Gasteiger partial charge < -0.3 is 0 Å². The summed E-state index contributed by atoms with van der Waals surface area (Å²) in [7, 11) is -1.95. The van der Waals surface area contributed by atoms with Gasteiger partial charge in [-0.25, -0.2) is 18.1 Å². The van der Waals surface area contributed by atoms with E-state index < -0.39 is 10.0 Å². The van der Waals surface area contributed by atoms with E-state index in [0.717, 1.165) is 16.8 Å². The van der Waals surface area contributed by atoms with E-state index in [9.17, 15) is 8.42 Å². The zero-order chi connectivity index (χ0) is 18.6. The van der Waals surface area contributed by atoms with Crippen LogP contribution in [0.5, 0.6) is 0 Å². The Labute approximate surface area is 153 Å². The molecule has 26 heavy (non-hydrogen) atoms.